The van der Waals surface area contributed by atoms with E-state index in [-0.39, 0.29) is 34.5 Å². The van der Waals surface area contributed by atoms with Crippen molar-refractivity contribution in [2.24, 2.45) is 0 Å². The van der Waals surface area contributed by atoms with Crippen molar-refractivity contribution in [3.63, 3.8) is 0 Å². The van der Waals surface area contributed by atoms with E-state index >= 15 is 0 Å². The average molecular weight is 627 g/mol. The molecular formula is C38H58O7. The molecule has 0 unspecified atom stereocenters. The quantitative estimate of drug-likeness (QED) is 0.215. The molecule has 7 heteroatoms. The third kappa shape index (κ3) is 14.3. The monoisotopic (exact) mass is 626 g/mol. The molecule has 0 aromatic heterocycles. The van der Waals surface area contributed by atoms with Gasteiger partial charge in [-0.05, 0) is 67.9 Å². The lowest BCUT2D eigenvalue weighted by Crippen LogP contribution is -2.18. The van der Waals surface area contributed by atoms with E-state index in [4.69, 9.17) is 10.2 Å². The molecule has 0 heterocycles. The van der Waals surface area contributed by atoms with E-state index in [0.717, 1.165) is 33.4 Å². The minimum atomic E-state index is -0.798. The Morgan fingerprint density at radius 3 is 0.933 bits per heavy atom. The number of phenols is 2. The maximum atomic E-state index is 10.8. The average Bonchev–Trinajstić information content (AvgIpc) is 2.85. The Labute approximate surface area is 271 Å². The van der Waals surface area contributed by atoms with Crippen LogP contribution in [0.1, 0.15) is 129 Å². The van der Waals surface area contributed by atoms with E-state index in [1.54, 1.807) is 0 Å². The first-order valence-corrected chi connectivity index (χ1v) is 15.3. The first-order chi connectivity index (χ1) is 20.3. The molecule has 7 nitrogen and oxygen atoms in total. The minimum absolute atomic E-state index is 0.109. The van der Waals surface area contributed by atoms with Gasteiger partial charge in [-0.25, -0.2) is 0 Å². The second-order valence-electron chi connectivity index (χ2n) is 15.3. The van der Waals surface area contributed by atoms with Gasteiger partial charge in [-0.1, -0.05) is 121 Å². The Morgan fingerprint density at radius 1 is 0.578 bits per heavy atom. The Hall–Kier alpha value is -3.74. The molecule has 0 spiro atoms. The zero-order valence-electron chi connectivity index (χ0n) is 29.7. The molecule has 0 saturated heterocycles. The number of aliphatic carboxylic acids is 2. The molecule has 0 aliphatic heterocycles. The molecule has 252 valence electrons. The third-order valence-electron chi connectivity index (χ3n) is 7.02. The van der Waals surface area contributed by atoms with Gasteiger partial charge >= 0.3 is 11.9 Å². The fourth-order valence-corrected chi connectivity index (χ4v) is 4.53. The highest BCUT2D eigenvalue weighted by Crippen LogP contribution is 2.41. The number of aryl methyl sites for hydroxylation is 2. The number of benzene rings is 2. The van der Waals surface area contributed by atoms with Crippen molar-refractivity contribution in [3.8, 4) is 11.5 Å². The SMILES string of the molecule is C=COC=C.CC(C)(C)c1cc(CCC(=O)O)cc(C(C)(C)C)c1O.CC(C)(C)c1cc(CCC(=O)O)cc(C(C)(C)C)c1O. The highest BCUT2D eigenvalue weighted by Gasteiger charge is 2.27. The number of carboxylic acid groups (broad SMARTS) is 2. The van der Waals surface area contributed by atoms with Crippen LogP contribution in [0.4, 0.5) is 0 Å². The second-order valence-corrected chi connectivity index (χ2v) is 15.3. The van der Waals surface area contributed by atoms with Crippen LogP contribution in [0.15, 0.2) is 49.9 Å². The Balaban J connectivity index is 0.000000748. The first kappa shape index (κ1) is 41.3. The predicted octanol–water partition coefficient (Wildman–Crippen LogP) is 9.30. The maximum Gasteiger partial charge on any atom is 0.303 e. The number of carbonyl (C=O) groups is 2. The van der Waals surface area contributed by atoms with Crippen LogP contribution in [0, 0.1) is 0 Å². The fourth-order valence-electron chi connectivity index (χ4n) is 4.53. The van der Waals surface area contributed by atoms with Gasteiger partial charge in [0.1, 0.15) is 11.5 Å². The molecule has 0 amide bonds. The van der Waals surface area contributed by atoms with Crippen LogP contribution < -0.4 is 0 Å². The van der Waals surface area contributed by atoms with E-state index in [1.165, 1.54) is 12.5 Å². The van der Waals surface area contributed by atoms with E-state index in [2.05, 4.69) is 101 Å². The van der Waals surface area contributed by atoms with Gasteiger partial charge in [-0.15, -0.1) is 0 Å². The summed E-state index contributed by atoms with van der Waals surface area (Å²) in [4.78, 5) is 21.5. The van der Waals surface area contributed by atoms with Crippen LogP contribution >= 0.6 is 0 Å². The van der Waals surface area contributed by atoms with Gasteiger partial charge in [0.2, 0.25) is 0 Å². The van der Waals surface area contributed by atoms with Gasteiger partial charge in [-0.2, -0.15) is 0 Å². The van der Waals surface area contributed by atoms with Crippen molar-refractivity contribution < 1.29 is 34.8 Å². The van der Waals surface area contributed by atoms with Gasteiger partial charge in [0.05, 0.1) is 12.5 Å². The van der Waals surface area contributed by atoms with Crippen LogP contribution in [0.3, 0.4) is 0 Å². The highest BCUT2D eigenvalue weighted by molar-refractivity contribution is 5.67. The molecule has 2 aromatic carbocycles. The van der Waals surface area contributed by atoms with Crippen molar-refractivity contribution in [2.75, 3.05) is 0 Å². The number of rotatable bonds is 8. The Kier molecular flexibility index (Phi) is 15.2. The molecular weight excluding hydrogens is 568 g/mol. The topological polar surface area (TPSA) is 124 Å². The van der Waals surface area contributed by atoms with Crippen molar-refractivity contribution in [1.29, 1.82) is 0 Å². The van der Waals surface area contributed by atoms with E-state index in [0.29, 0.717) is 24.3 Å². The normalized spacial score (nSPS) is 11.7. The summed E-state index contributed by atoms with van der Waals surface area (Å²) < 4.78 is 4.36. The van der Waals surface area contributed by atoms with Gasteiger partial charge in [-0.3, -0.25) is 9.59 Å². The summed E-state index contributed by atoms with van der Waals surface area (Å²) >= 11 is 0. The smallest absolute Gasteiger partial charge is 0.303 e. The molecule has 0 bridgehead atoms. The molecule has 0 fully saturated rings. The Bertz CT molecular complexity index is 1140. The summed E-state index contributed by atoms with van der Waals surface area (Å²) in [6.45, 7) is 31.1. The zero-order valence-corrected chi connectivity index (χ0v) is 29.7. The van der Waals surface area contributed by atoms with Crippen LogP contribution in [-0.2, 0) is 48.8 Å². The maximum absolute atomic E-state index is 10.8. The number of hydrogen-bond acceptors (Lipinski definition) is 5. The third-order valence-corrected chi connectivity index (χ3v) is 7.02. The van der Waals surface area contributed by atoms with Crippen molar-refractivity contribution in [1.82, 2.24) is 0 Å². The number of ether oxygens (including phenoxy) is 1. The van der Waals surface area contributed by atoms with E-state index < -0.39 is 11.9 Å². The summed E-state index contributed by atoms with van der Waals surface area (Å²) in [6.07, 6.45) is 3.82. The Morgan fingerprint density at radius 2 is 0.800 bits per heavy atom. The lowest BCUT2D eigenvalue weighted by molar-refractivity contribution is -0.138. The van der Waals surface area contributed by atoms with Crippen LogP contribution in [0.2, 0.25) is 0 Å². The molecule has 0 radical (unpaired) electrons. The zero-order chi connectivity index (χ0) is 35.6. The molecule has 2 aromatic rings. The molecule has 2 rings (SSSR count). The summed E-state index contributed by atoms with van der Waals surface area (Å²) in [5.74, 6) is -0.923. The number of phenolic OH excluding ortho intramolecular Hbond substituents is 2. The molecule has 0 aliphatic rings. The largest absolute Gasteiger partial charge is 0.507 e. The van der Waals surface area contributed by atoms with Gasteiger partial charge in [0.25, 0.3) is 0 Å². The van der Waals surface area contributed by atoms with Gasteiger partial charge < -0.3 is 25.2 Å². The van der Waals surface area contributed by atoms with Crippen LogP contribution in [-0.4, -0.2) is 32.4 Å². The predicted molar refractivity (Wildman–Crippen MR) is 184 cm³/mol. The van der Waals surface area contributed by atoms with Gasteiger partial charge in [0.15, 0.2) is 0 Å². The van der Waals surface area contributed by atoms with E-state index in [9.17, 15) is 19.8 Å². The molecule has 0 atom stereocenters. The summed E-state index contributed by atoms with van der Waals surface area (Å²) in [7, 11) is 0. The summed E-state index contributed by atoms with van der Waals surface area (Å²) in [5.41, 5.74) is 4.76. The lowest BCUT2D eigenvalue weighted by atomic mass is 9.78. The number of carboxylic acids is 2. The van der Waals surface area contributed by atoms with Crippen molar-refractivity contribution in [3.05, 3.63) is 83.3 Å². The highest BCUT2D eigenvalue weighted by atomic mass is 16.5. The summed E-state index contributed by atoms with van der Waals surface area (Å²) in [6, 6.07) is 7.75. The lowest BCUT2D eigenvalue weighted by Gasteiger charge is -2.28. The van der Waals surface area contributed by atoms with Crippen LogP contribution in [0.25, 0.3) is 0 Å². The first-order valence-electron chi connectivity index (χ1n) is 15.3. The molecule has 45 heavy (non-hydrogen) atoms. The fraction of sp³-hybridized carbons (Fsp3) is 0.526. The van der Waals surface area contributed by atoms with E-state index in [1.807, 2.05) is 24.3 Å². The van der Waals surface area contributed by atoms with Crippen molar-refractivity contribution >= 4 is 11.9 Å². The van der Waals surface area contributed by atoms with Crippen LogP contribution in [0.5, 0.6) is 11.5 Å². The molecule has 0 aliphatic carbocycles. The second kappa shape index (κ2) is 16.5. The number of hydrogen-bond donors (Lipinski definition) is 4. The molecule has 0 saturated carbocycles. The van der Waals surface area contributed by atoms with Gasteiger partial charge in [0, 0.05) is 12.8 Å². The van der Waals surface area contributed by atoms with Crippen molar-refractivity contribution in [2.45, 2.75) is 130 Å². The molecule has 4 N–H and O–H groups in total. The minimum Gasteiger partial charge on any atom is -0.507 e. The standard InChI is InChI=1S/2C17H26O3.C4H6O/c2*1-16(2,3)12-9-11(7-8-14(18)19)10-13(15(12)20)17(4,5)6;1-3-5-4-2/h2*9-10,20H,7-8H2,1-6H3,(H,18,19);3-4H,1-2H2. The summed E-state index contributed by atoms with van der Waals surface area (Å²) in [5, 5.41) is 38.8. The number of aromatic hydroxyl groups is 2.